The van der Waals surface area contributed by atoms with E-state index in [9.17, 15) is 14.4 Å². The molecule has 150 valence electrons. The zero-order chi connectivity index (χ0) is 20.3. The maximum absolute atomic E-state index is 12.7. The van der Waals surface area contributed by atoms with Crippen LogP contribution in [-0.4, -0.2) is 66.3 Å². The van der Waals surface area contributed by atoms with Gasteiger partial charge < -0.3 is 14.4 Å². The fourth-order valence-electron chi connectivity index (χ4n) is 2.78. The van der Waals surface area contributed by atoms with Gasteiger partial charge in [-0.2, -0.15) is 0 Å². The standard InChI is InChI=1S/C18H18Br2N2O5S/c1-2-27-16-12(19)7-11(8-13(16)20)9-14-17(24)22(18(25)28-14)10-15(23)21-3-5-26-6-4-21/h7-9H,2-6,10H2,1H3/b14-9-. The Hall–Kier alpha value is -1.36. The minimum Gasteiger partial charge on any atom is -0.492 e. The van der Waals surface area contributed by atoms with E-state index in [2.05, 4.69) is 31.9 Å². The van der Waals surface area contributed by atoms with Gasteiger partial charge >= 0.3 is 0 Å². The number of morpholine rings is 1. The second-order valence-corrected chi connectivity index (χ2v) is 8.71. The number of benzene rings is 1. The summed E-state index contributed by atoms with van der Waals surface area (Å²) in [5.41, 5.74) is 0.729. The Kier molecular flexibility index (Phi) is 7.19. The van der Waals surface area contributed by atoms with Crippen LogP contribution in [0.1, 0.15) is 12.5 Å². The van der Waals surface area contributed by atoms with Gasteiger partial charge in [-0.1, -0.05) is 0 Å². The van der Waals surface area contributed by atoms with Crippen molar-refractivity contribution < 1.29 is 23.9 Å². The van der Waals surface area contributed by atoms with Crippen LogP contribution >= 0.6 is 43.6 Å². The van der Waals surface area contributed by atoms with Gasteiger partial charge in [0.05, 0.1) is 33.7 Å². The third kappa shape index (κ3) is 4.79. The third-order valence-corrected chi connectivity index (χ3v) is 6.22. The van der Waals surface area contributed by atoms with E-state index in [-0.39, 0.29) is 17.4 Å². The molecule has 0 radical (unpaired) electrons. The smallest absolute Gasteiger partial charge is 0.294 e. The predicted octanol–water partition coefficient (Wildman–Crippen LogP) is 3.51. The Labute approximate surface area is 183 Å². The highest BCUT2D eigenvalue weighted by atomic mass is 79.9. The Morgan fingerprint density at radius 2 is 1.89 bits per heavy atom. The fraction of sp³-hybridized carbons (Fsp3) is 0.389. The number of ether oxygens (including phenoxy) is 2. The molecule has 2 aliphatic heterocycles. The maximum atomic E-state index is 12.7. The predicted molar refractivity (Wildman–Crippen MR) is 113 cm³/mol. The van der Waals surface area contributed by atoms with Crippen LogP contribution in [0.15, 0.2) is 26.0 Å². The highest BCUT2D eigenvalue weighted by Crippen LogP contribution is 2.37. The molecule has 28 heavy (non-hydrogen) atoms. The first-order chi connectivity index (χ1) is 13.4. The van der Waals surface area contributed by atoms with Crippen molar-refractivity contribution in [3.05, 3.63) is 31.5 Å². The quantitative estimate of drug-likeness (QED) is 0.539. The normalized spacial score (nSPS) is 18.9. The number of rotatable bonds is 5. The van der Waals surface area contributed by atoms with Gasteiger partial charge in [-0.3, -0.25) is 19.3 Å². The van der Waals surface area contributed by atoms with Gasteiger partial charge in [-0.15, -0.1) is 0 Å². The largest absolute Gasteiger partial charge is 0.492 e. The molecule has 0 unspecified atom stereocenters. The molecule has 2 aliphatic rings. The Balaban J connectivity index is 1.74. The fourth-order valence-corrected chi connectivity index (χ4v) is 5.07. The van der Waals surface area contributed by atoms with Crippen LogP contribution in [0.25, 0.3) is 6.08 Å². The molecule has 0 bridgehead atoms. The Morgan fingerprint density at radius 1 is 1.25 bits per heavy atom. The molecule has 0 saturated carbocycles. The molecule has 1 aromatic rings. The molecule has 2 heterocycles. The van der Waals surface area contributed by atoms with Crippen LogP contribution in [0.3, 0.4) is 0 Å². The second kappa shape index (κ2) is 9.43. The van der Waals surface area contributed by atoms with Gasteiger partial charge in [0.1, 0.15) is 12.3 Å². The van der Waals surface area contributed by atoms with E-state index in [1.165, 1.54) is 0 Å². The van der Waals surface area contributed by atoms with Gasteiger partial charge in [0, 0.05) is 13.1 Å². The van der Waals surface area contributed by atoms with E-state index in [0.29, 0.717) is 38.7 Å². The number of imide groups is 1. The highest BCUT2D eigenvalue weighted by molar-refractivity contribution is 9.11. The number of thioether (sulfide) groups is 1. The first-order valence-electron chi connectivity index (χ1n) is 8.63. The average Bonchev–Trinajstić information content (AvgIpc) is 2.93. The average molecular weight is 534 g/mol. The van der Waals surface area contributed by atoms with Gasteiger partial charge in [0.15, 0.2) is 0 Å². The topological polar surface area (TPSA) is 76.2 Å². The third-order valence-electron chi connectivity index (χ3n) is 4.14. The van der Waals surface area contributed by atoms with Gasteiger partial charge in [0.2, 0.25) is 5.91 Å². The number of nitrogens with zero attached hydrogens (tertiary/aromatic N) is 2. The van der Waals surface area contributed by atoms with Crippen molar-refractivity contribution in [1.29, 1.82) is 0 Å². The van der Waals surface area contributed by atoms with Crippen LogP contribution in [-0.2, 0) is 14.3 Å². The number of hydrogen-bond acceptors (Lipinski definition) is 6. The first kappa shape index (κ1) is 21.4. The van der Waals surface area contributed by atoms with Crippen LogP contribution in [0.4, 0.5) is 4.79 Å². The number of carbonyl (C=O) groups is 3. The lowest BCUT2D eigenvalue weighted by Crippen LogP contribution is -2.46. The van der Waals surface area contributed by atoms with Crippen LogP contribution in [0.5, 0.6) is 5.75 Å². The first-order valence-corrected chi connectivity index (χ1v) is 11.0. The summed E-state index contributed by atoms with van der Waals surface area (Å²) < 4.78 is 12.2. The number of amides is 3. The molecule has 7 nitrogen and oxygen atoms in total. The lowest BCUT2D eigenvalue weighted by atomic mass is 10.2. The van der Waals surface area contributed by atoms with E-state index in [4.69, 9.17) is 9.47 Å². The highest BCUT2D eigenvalue weighted by Gasteiger charge is 2.37. The van der Waals surface area contributed by atoms with Gasteiger partial charge in [-0.25, -0.2) is 0 Å². The molecule has 3 rings (SSSR count). The second-order valence-electron chi connectivity index (χ2n) is 6.01. The molecule has 2 saturated heterocycles. The maximum Gasteiger partial charge on any atom is 0.294 e. The zero-order valence-electron chi connectivity index (χ0n) is 15.1. The van der Waals surface area contributed by atoms with E-state index in [1.807, 2.05) is 19.1 Å². The van der Waals surface area contributed by atoms with Crippen molar-refractivity contribution in [2.75, 3.05) is 39.5 Å². The SMILES string of the molecule is CCOc1c(Br)cc(/C=C2\SC(=O)N(CC(=O)N3CCOCC3)C2=O)cc1Br. The summed E-state index contributed by atoms with van der Waals surface area (Å²) >= 11 is 7.73. The minimum absolute atomic E-state index is 0.251. The van der Waals surface area contributed by atoms with E-state index < -0.39 is 11.1 Å². The van der Waals surface area contributed by atoms with Gasteiger partial charge in [-0.05, 0) is 74.3 Å². The molecule has 0 atom stereocenters. The van der Waals surface area contributed by atoms with Crippen LogP contribution < -0.4 is 4.74 Å². The molecule has 0 aromatic heterocycles. The number of halogens is 2. The minimum atomic E-state index is -0.460. The lowest BCUT2D eigenvalue weighted by Gasteiger charge is -2.28. The van der Waals surface area contributed by atoms with Crippen molar-refractivity contribution in [3.8, 4) is 5.75 Å². The van der Waals surface area contributed by atoms with Crippen LogP contribution in [0.2, 0.25) is 0 Å². The molecular formula is C18H18Br2N2O5S. The Morgan fingerprint density at radius 3 is 2.50 bits per heavy atom. The number of hydrogen-bond donors (Lipinski definition) is 0. The molecule has 0 aliphatic carbocycles. The number of carbonyl (C=O) groups excluding carboxylic acids is 3. The summed E-state index contributed by atoms with van der Waals surface area (Å²) in [5, 5.41) is -0.443. The monoisotopic (exact) mass is 532 g/mol. The van der Waals surface area contributed by atoms with Crippen molar-refractivity contribution in [1.82, 2.24) is 9.80 Å². The molecular weight excluding hydrogens is 516 g/mol. The summed E-state index contributed by atoms with van der Waals surface area (Å²) in [5.74, 6) is -0.0417. The van der Waals surface area contributed by atoms with E-state index in [0.717, 1.165) is 31.2 Å². The Bertz CT molecular complexity index is 816. The molecule has 0 spiro atoms. The van der Waals surface area contributed by atoms with Crippen molar-refractivity contribution in [2.45, 2.75) is 6.92 Å². The lowest BCUT2D eigenvalue weighted by molar-refractivity contribution is -0.139. The van der Waals surface area contributed by atoms with Crippen LogP contribution in [0, 0.1) is 0 Å². The molecule has 0 N–H and O–H groups in total. The summed E-state index contributed by atoms with van der Waals surface area (Å²) in [7, 11) is 0. The molecule has 1 aromatic carbocycles. The van der Waals surface area contributed by atoms with E-state index in [1.54, 1.807) is 11.0 Å². The summed E-state index contributed by atoms with van der Waals surface area (Å²) in [6.45, 7) is 4.04. The molecule has 3 amide bonds. The van der Waals surface area contributed by atoms with Crippen molar-refractivity contribution >= 4 is 66.8 Å². The molecule has 10 heteroatoms. The van der Waals surface area contributed by atoms with E-state index >= 15 is 0 Å². The molecule has 2 fully saturated rings. The summed E-state index contributed by atoms with van der Waals surface area (Å²) in [6, 6.07) is 3.62. The van der Waals surface area contributed by atoms with Crippen molar-refractivity contribution in [3.63, 3.8) is 0 Å². The zero-order valence-corrected chi connectivity index (χ0v) is 19.1. The van der Waals surface area contributed by atoms with Gasteiger partial charge in [0.25, 0.3) is 11.1 Å². The van der Waals surface area contributed by atoms with Crippen molar-refractivity contribution in [2.24, 2.45) is 0 Å². The summed E-state index contributed by atoms with van der Waals surface area (Å²) in [4.78, 5) is 40.2. The summed E-state index contributed by atoms with van der Waals surface area (Å²) in [6.07, 6.45) is 1.63.